The molecule has 6 N–H and O–H groups in total. The van der Waals surface area contributed by atoms with Crippen LogP contribution in [0.25, 0.3) is 0 Å². The molecule has 2 saturated heterocycles. The molecule has 1 aromatic heterocycles. The summed E-state index contributed by atoms with van der Waals surface area (Å²) in [7, 11) is 4.63. The van der Waals surface area contributed by atoms with E-state index in [1.54, 1.807) is 20.3 Å². The van der Waals surface area contributed by atoms with Gasteiger partial charge in [0.1, 0.15) is 24.6 Å². The van der Waals surface area contributed by atoms with Gasteiger partial charge in [-0.1, -0.05) is 0 Å². The SMILES string of the molecule is COc1cc([C@@H]2c3cc4c(cc3[C@H](O)[C@H]3COC(=O)[C@H]23)OCO4)cc(OC)c1OC.NC(=O)c1ncn([C@@H]2O[C@H](CO)[C@@H](O)[C@H]2O)n1. The fourth-order valence-electron chi connectivity index (χ4n) is 6.42. The Hall–Kier alpha value is -4.68. The molecule has 3 aliphatic heterocycles. The molecule has 17 nitrogen and oxygen atoms in total. The summed E-state index contributed by atoms with van der Waals surface area (Å²) in [4.78, 5) is 27.1. The quantitative estimate of drug-likeness (QED) is 0.199. The monoisotopic (exact) mass is 658 g/mol. The summed E-state index contributed by atoms with van der Waals surface area (Å²) in [5.41, 5.74) is 7.27. The second-order valence-electron chi connectivity index (χ2n) is 11.2. The van der Waals surface area contributed by atoms with Gasteiger partial charge in [-0.2, -0.15) is 0 Å². The lowest BCUT2D eigenvalue weighted by Crippen LogP contribution is -2.34. The van der Waals surface area contributed by atoms with E-state index >= 15 is 0 Å². The molecule has 4 heterocycles. The Labute approximate surface area is 267 Å². The maximum absolute atomic E-state index is 12.7. The molecule has 4 aliphatic rings. The van der Waals surface area contributed by atoms with E-state index in [2.05, 4.69) is 10.1 Å². The molecule has 17 heteroatoms. The average molecular weight is 659 g/mol. The van der Waals surface area contributed by atoms with Crippen LogP contribution in [0.4, 0.5) is 0 Å². The van der Waals surface area contributed by atoms with Crippen molar-refractivity contribution in [2.24, 2.45) is 17.6 Å². The van der Waals surface area contributed by atoms with Crippen molar-refractivity contribution in [1.82, 2.24) is 14.8 Å². The molecular weight excluding hydrogens is 624 g/mol. The van der Waals surface area contributed by atoms with Crippen molar-refractivity contribution in [1.29, 1.82) is 0 Å². The number of esters is 1. The van der Waals surface area contributed by atoms with E-state index in [1.807, 2.05) is 18.2 Å². The zero-order valence-corrected chi connectivity index (χ0v) is 25.5. The molecule has 1 aliphatic carbocycles. The molecule has 252 valence electrons. The molecule has 2 aromatic carbocycles. The van der Waals surface area contributed by atoms with Gasteiger partial charge in [0.15, 0.2) is 29.2 Å². The number of aliphatic hydroxyl groups is 4. The number of fused-ring (bicyclic) bond motifs is 3. The number of nitrogens with two attached hydrogens (primary N) is 1. The topological polar surface area (TPSA) is 236 Å². The minimum Gasteiger partial charge on any atom is -0.493 e. The number of hydrogen-bond donors (Lipinski definition) is 5. The van der Waals surface area contributed by atoms with Crippen molar-refractivity contribution in [3.63, 3.8) is 0 Å². The van der Waals surface area contributed by atoms with E-state index in [0.717, 1.165) is 22.1 Å². The van der Waals surface area contributed by atoms with Gasteiger partial charge in [-0.15, -0.1) is 5.10 Å². The van der Waals surface area contributed by atoms with Crippen molar-refractivity contribution in [3.8, 4) is 28.7 Å². The predicted octanol–water partition coefficient (Wildman–Crippen LogP) is -0.602. The van der Waals surface area contributed by atoms with Gasteiger partial charge in [0.05, 0.1) is 46.6 Å². The van der Waals surface area contributed by atoms with Crippen LogP contribution in [0, 0.1) is 11.8 Å². The molecule has 47 heavy (non-hydrogen) atoms. The van der Waals surface area contributed by atoms with Crippen molar-refractivity contribution in [2.75, 3.05) is 41.3 Å². The first kappa shape index (κ1) is 32.3. The highest BCUT2D eigenvalue weighted by Gasteiger charge is 2.52. The molecule has 0 bridgehead atoms. The van der Waals surface area contributed by atoms with E-state index in [0.29, 0.717) is 34.3 Å². The fourth-order valence-corrected chi connectivity index (χ4v) is 6.42. The number of cyclic esters (lactones) is 1. The molecule has 8 atom stereocenters. The highest BCUT2D eigenvalue weighted by atomic mass is 16.7. The molecule has 7 rings (SSSR count). The smallest absolute Gasteiger partial charge is 0.310 e. The van der Waals surface area contributed by atoms with Crippen LogP contribution in [0.5, 0.6) is 28.7 Å². The summed E-state index contributed by atoms with van der Waals surface area (Å²) in [6.45, 7) is -0.149. The van der Waals surface area contributed by atoms with Gasteiger partial charge < -0.3 is 59.3 Å². The van der Waals surface area contributed by atoms with Crippen LogP contribution >= 0.6 is 0 Å². The minimum absolute atomic E-state index is 0.123. The first-order chi connectivity index (χ1) is 22.6. The third kappa shape index (κ3) is 5.55. The van der Waals surface area contributed by atoms with Crippen LogP contribution in [-0.2, 0) is 14.3 Å². The average Bonchev–Trinajstić information content (AvgIpc) is 3.88. The minimum atomic E-state index is -1.27. The van der Waals surface area contributed by atoms with E-state index < -0.39 is 49.1 Å². The van der Waals surface area contributed by atoms with Crippen LogP contribution < -0.4 is 29.4 Å². The Balaban J connectivity index is 0.000000193. The van der Waals surface area contributed by atoms with Gasteiger partial charge in [-0.3, -0.25) is 9.59 Å². The van der Waals surface area contributed by atoms with Crippen molar-refractivity contribution in [3.05, 3.63) is 53.1 Å². The van der Waals surface area contributed by atoms with E-state index in [9.17, 15) is 24.9 Å². The third-order valence-electron chi connectivity index (χ3n) is 8.70. The van der Waals surface area contributed by atoms with E-state index in [-0.39, 0.29) is 37.0 Å². The van der Waals surface area contributed by atoms with Gasteiger partial charge in [0, 0.05) is 11.8 Å². The van der Waals surface area contributed by atoms with E-state index in [1.165, 1.54) is 7.11 Å². The molecule has 0 unspecified atom stereocenters. The molecular formula is C30H34N4O13. The maximum Gasteiger partial charge on any atom is 0.310 e. The number of primary amides is 1. The van der Waals surface area contributed by atoms with Crippen molar-refractivity contribution in [2.45, 2.75) is 36.6 Å². The zero-order valence-electron chi connectivity index (χ0n) is 25.5. The number of nitrogens with zero attached hydrogens (tertiary/aromatic N) is 3. The number of carbonyl (C=O) groups excluding carboxylic acids is 2. The Morgan fingerprint density at radius 1 is 0.979 bits per heavy atom. The van der Waals surface area contributed by atoms with Gasteiger partial charge in [-0.25, -0.2) is 9.67 Å². The summed E-state index contributed by atoms with van der Waals surface area (Å²) in [5, 5.41) is 42.8. The van der Waals surface area contributed by atoms with Crippen molar-refractivity contribution < 1.29 is 63.2 Å². The number of methoxy groups -OCH3 is 3. The number of hydrogen-bond acceptors (Lipinski definition) is 15. The molecule has 1 amide bonds. The van der Waals surface area contributed by atoms with Gasteiger partial charge in [0.25, 0.3) is 5.91 Å². The number of benzene rings is 2. The normalized spacial score (nSPS) is 28.4. The lowest BCUT2D eigenvalue weighted by molar-refractivity contribution is -0.141. The standard InChI is InChI=1S/C22H22O8.C8H12N4O5/c1-25-16-4-10(5-17(26-2)21(16)27-3)18-11-6-14-15(30-9-29-14)7-12(11)20(23)13-8-28-22(24)19(13)18;9-6(16)7-10-2-12(11-7)8-5(15)4(14)3(1-13)17-8/h4-7,13,18-20,23H,8-9H2,1-3H3;2-5,8,13-15H,1H2,(H2,9,16)/t13-,18+,19-,20-;3-,4-,5-,8-/m01/s1. The number of amides is 1. The zero-order chi connectivity index (χ0) is 33.6. The van der Waals surface area contributed by atoms with Crippen LogP contribution in [0.1, 0.15) is 45.6 Å². The second-order valence-corrected chi connectivity index (χ2v) is 11.2. The lowest BCUT2D eigenvalue weighted by atomic mass is 9.66. The largest absolute Gasteiger partial charge is 0.493 e. The summed E-state index contributed by atoms with van der Waals surface area (Å²) < 4.78 is 39.1. The highest BCUT2D eigenvalue weighted by molar-refractivity contribution is 5.88. The lowest BCUT2D eigenvalue weighted by Gasteiger charge is -2.37. The Kier molecular flexibility index (Phi) is 8.82. The third-order valence-corrected chi connectivity index (χ3v) is 8.70. The first-order valence-corrected chi connectivity index (χ1v) is 14.5. The highest BCUT2D eigenvalue weighted by Crippen LogP contribution is 2.55. The summed E-state index contributed by atoms with van der Waals surface area (Å²) in [5.74, 6) is -0.0400. The van der Waals surface area contributed by atoms with Crippen LogP contribution in [-0.4, -0.2) is 107 Å². The van der Waals surface area contributed by atoms with Gasteiger partial charge >= 0.3 is 5.97 Å². The Bertz CT molecular complexity index is 1640. The number of rotatable bonds is 7. The Morgan fingerprint density at radius 3 is 2.19 bits per heavy atom. The summed E-state index contributed by atoms with van der Waals surface area (Å²) in [6, 6.07) is 7.31. The number of carbonyl (C=O) groups is 2. The van der Waals surface area contributed by atoms with Gasteiger partial charge in [-0.05, 0) is 41.0 Å². The number of ether oxygens (including phenoxy) is 7. The predicted molar refractivity (Wildman–Crippen MR) is 155 cm³/mol. The Morgan fingerprint density at radius 2 is 1.64 bits per heavy atom. The first-order valence-electron chi connectivity index (χ1n) is 14.5. The molecule has 0 saturated carbocycles. The van der Waals surface area contributed by atoms with Crippen LogP contribution in [0.2, 0.25) is 0 Å². The van der Waals surface area contributed by atoms with E-state index in [4.69, 9.17) is 44.0 Å². The summed E-state index contributed by atoms with van der Waals surface area (Å²) >= 11 is 0. The molecule has 2 fully saturated rings. The second kappa shape index (κ2) is 12.8. The summed E-state index contributed by atoms with van der Waals surface area (Å²) in [6.07, 6.45) is -4.11. The molecule has 3 aromatic rings. The van der Waals surface area contributed by atoms with Crippen LogP contribution in [0.15, 0.2) is 30.6 Å². The van der Waals surface area contributed by atoms with Crippen LogP contribution in [0.3, 0.4) is 0 Å². The number of aromatic nitrogens is 3. The number of aliphatic hydroxyl groups excluding tert-OH is 4. The molecule has 0 spiro atoms. The van der Waals surface area contributed by atoms with Gasteiger partial charge in [0.2, 0.25) is 18.4 Å². The molecule has 0 radical (unpaired) electrons. The maximum atomic E-state index is 12.7. The fraction of sp³-hybridized carbons (Fsp3) is 0.467. The van der Waals surface area contributed by atoms with Crippen molar-refractivity contribution >= 4 is 11.9 Å².